The van der Waals surface area contributed by atoms with E-state index in [1.165, 1.54) is 49.2 Å². The normalized spacial score (nSPS) is 25.4. The molecule has 23 heavy (non-hydrogen) atoms. The second-order valence-corrected chi connectivity index (χ2v) is 7.02. The molecule has 2 aromatic carbocycles. The monoisotopic (exact) mass is 306 g/mol. The number of fused-ring (bicyclic) bond motifs is 1. The molecule has 2 saturated heterocycles. The fourth-order valence-electron chi connectivity index (χ4n) is 4.27. The molecule has 0 unspecified atom stereocenters. The average molecular weight is 306 g/mol. The van der Waals surface area contributed by atoms with Crippen LogP contribution in [0.25, 0.3) is 11.1 Å². The van der Waals surface area contributed by atoms with E-state index < -0.39 is 0 Å². The fourth-order valence-corrected chi connectivity index (χ4v) is 4.27. The highest BCUT2D eigenvalue weighted by Gasteiger charge is 2.36. The van der Waals surface area contributed by atoms with Crippen LogP contribution < -0.4 is 0 Å². The summed E-state index contributed by atoms with van der Waals surface area (Å²) in [6.45, 7) is 7.27. The summed E-state index contributed by atoms with van der Waals surface area (Å²) in [4.78, 5) is 5.36. The van der Waals surface area contributed by atoms with Crippen LogP contribution in [-0.4, -0.2) is 41.5 Å². The van der Waals surface area contributed by atoms with Crippen LogP contribution in [0.5, 0.6) is 0 Å². The Balaban J connectivity index is 1.45. The van der Waals surface area contributed by atoms with Crippen molar-refractivity contribution in [3.8, 4) is 11.1 Å². The molecule has 2 fully saturated rings. The number of hydrogen-bond acceptors (Lipinski definition) is 2. The first kappa shape index (κ1) is 14.9. The number of nitrogens with zero attached hydrogens (tertiary/aromatic N) is 2. The maximum atomic E-state index is 2.69. The maximum absolute atomic E-state index is 2.69. The van der Waals surface area contributed by atoms with Crippen molar-refractivity contribution in [2.45, 2.75) is 38.4 Å². The molecule has 0 amide bonds. The van der Waals surface area contributed by atoms with Gasteiger partial charge >= 0.3 is 0 Å². The molecular formula is C21H26N2. The smallest absolute Gasteiger partial charge is 0.0250 e. The van der Waals surface area contributed by atoms with Gasteiger partial charge in [0.1, 0.15) is 0 Å². The van der Waals surface area contributed by atoms with Crippen molar-refractivity contribution in [3.05, 3.63) is 60.2 Å². The second-order valence-electron chi connectivity index (χ2n) is 7.02. The summed E-state index contributed by atoms with van der Waals surface area (Å²) in [5, 5.41) is 0. The van der Waals surface area contributed by atoms with E-state index in [1.807, 2.05) is 0 Å². The molecule has 0 bridgehead atoms. The van der Waals surface area contributed by atoms with Crippen LogP contribution in [-0.2, 0) is 6.54 Å². The van der Waals surface area contributed by atoms with Gasteiger partial charge in [0.15, 0.2) is 0 Å². The van der Waals surface area contributed by atoms with Crippen molar-refractivity contribution in [2.24, 2.45) is 0 Å². The van der Waals surface area contributed by atoms with Crippen molar-refractivity contribution < 1.29 is 0 Å². The van der Waals surface area contributed by atoms with Crippen LogP contribution in [0.3, 0.4) is 0 Å². The van der Waals surface area contributed by atoms with Crippen LogP contribution in [0.4, 0.5) is 0 Å². The highest BCUT2D eigenvalue weighted by Crippen LogP contribution is 2.28. The first-order valence-corrected chi connectivity index (χ1v) is 8.94. The molecule has 0 N–H and O–H groups in total. The van der Waals surface area contributed by atoms with Gasteiger partial charge in [-0.25, -0.2) is 0 Å². The first-order valence-electron chi connectivity index (χ1n) is 8.94. The lowest BCUT2D eigenvalue weighted by atomic mass is 10.0. The van der Waals surface area contributed by atoms with Crippen molar-refractivity contribution in [1.82, 2.24) is 9.80 Å². The van der Waals surface area contributed by atoms with Gasteiger partial charge in [-0.3, -0.25) is 9.80 Å². The first-order chi connectivity index (χ1) is 11.3. The van der Waals surface area contributed by atoms with Gasteiger partial charge < -0.3 is 0 Å². The molecule has 2 aliphatic rings. The summed E-state index contributed by atoms with van der Waals surface area (Å²) in [6.07, 6.45) is 2.76. The minimum Gasteiger partial charge on any atom is -0.298 e. The van der Waals surface area contributed by atoms with E-state index in [2.05, 4.69) is 71.3 Å². The van der Waals surface area contributed by atoms with Crippen LogP contribution in [0.15, 0.2) is 54.6 Å². The van der Waals surface area contributed by atoms with Gasteiger partial charge in [0.25, 0.3) is 0 Å². The van der Waals surface area contributed by atoms with E-state index in [0.29, 0.717) is 6.04 Å². The van der Waals surface area contributed by atoms with Crippen LogP contribution in [0.2, 0.25) is 0 Å². The second kappa shape index (κ2) is 6.46. The third-order valence-corrected chi connectivity index (χ3v) is 5.67. The maximum Gasteiger partial charge on any atom is 0.0250 e. The van der Waals surface area contributed by atoms with E-state index in [0.717, 1.165) is 12.6 Å². The molecule has 0 saturated carbocycles. The van der Waals surface area contributed by atoms with Crippen LogP contribution >= 0.6 is 0 Å². The van der Waals surface area contributed by atoms with E-state index in [4.69, 9.17) is 0 Å². The third kappa shape index (κ3) is 3.06. The zero-order chi connectivity index (χ0) is 15.6. The highest BCUT2D eigenvalue weighted by molar-refractivity contribution is 5.63. The summed E-state index contributed by atoms with van der Waals surface area (Å²) in [5.41, 5.74) is 4.04. The van der Waals surface area contributed by atoms with E-state index in [-0.39, 0.29) is 0 Å². The summed E-state index contributed by atoms with van der Waals surface area (Å²) in [5.74, 6) is 0. The molecule has 2 heterocycles. The number of hydrogen-bond donors (Lipinski definition) is 0. The minimum atomic E-state index is 0.681. The minimum absolute atomic E-state index is 0.681. The van der Waals surface area contributed by atoms with Crippen molar-refractivity contribution in [1.29, 1.82) is 0 Å². The molecule has 2 aliphatic heterocycles. The Hall–Kier alpha value is -1.64. The Labute approximate surface area is 139 Å². The highest BCUT2D eigenvalue weighted by atomic mass is 15.3. The van der Waals surface area contributed by atoms with Crippen molar-refractivity contribution in [3.63, 3.8) is 0 Å². The molecule has 0 radical (unpaired) electrons. The SMILES string of the molecule is C[C@H]1[C@H]2CCCN2CCN1Cc1ccc(-c2ccccc2)cc1. The fraction of sp³-hybridized carbons (Fsp3) is 0.429. The van der Waals surface area contributed by atoms with Gasteiger partial charge in [0.05, 0.1) is 0 Å². The average Bonchev–Trinajstić information content (AvgIpc) is 3.08. The number of benzene rings is 2. The predicted molar refractivity (Wildman–Crippen MR) is 96.3 cm³/mol. The lowest BCUT2D eigenvalue weighted by molar-refractivity contribution is 0.0470. The Kier molecular flexibility index (Phi) is 4.19. The lowest BCUT2D eigenvalue weighted by Crippen LogP contribution is -2.55. The van der Waals surface area contributed by atoms with Gasteiger partial charge in [0, 0.05) is 31.7 Å². The lowest BCUT2D eigenvalue weighted by Gasteiger charge is -2.43. The van der Waals surface area contributed by atoms with Crippen LogP contribution in [0.1, 0.15) is 25.3 Å². The van der Waals surface area contributed by atoms with Gasteiger partial charge in [-0.1, -0.05) is 54.6 Å². The molecular weight excluding hydrogens is 280 g/mol. The summed E-state index contributed by atoms with van der Waals surface area (Å²) >= 11 is 0. The topological polar surface area (TPSA) is 6.48 Å². The molecule has 2 heteroatoms. The zero-order valence-corrected chi connectivity index (χ0v) is 14.0. The molecule has 2 atom stereocenters. The largest absolute Gasteiger partial charge is 0.298 e. The molecule has 120 valence electrons. The van der Waals surface area contributed by atoms with Gasteiger partial charge in [-0.15, -0.1) is 0 Å². The Morgan fingerprint density at radius 1 is 0.870 bits per heavy atom. The predicted octanol–water partition coefficient (Wildman–Crippen LogP) is 4.02. The van der Waals surface area contributed by atoms with Crippen LogP contribution in [0, 0.1) is 0 Å². The Bertz CT molecular complexity index is 635. The van der Waals surface area contributed by atoms with Crippen molar-refractivity contribution in [2.75, 3.05) is 19.6 Å². The van der Waals surface area contributed by atoms with Gasteiger partial charge in [-0.2, -0.15) is 0 Å². The van der Waals surface area contributed by atoms with Gasteiger partial charge in [-0.05, 0) is 43.0 Å². The summed E-state index contributed by atoms with van der Waals surface area (Å²) < 4.78 is 0. The van der Waals surface area contributed by atoms with E-state index in [9.17, 15) is 0 Å². The van der Waals surface area contributed by atoms with E-state index >= 15 is 0 Å². The molecule has 4 rings (SSSR count). The number of rotatable bonds is 3. The van der Waals surface area contributed by atoms with Crippen molar-refractivity contribution >= 4 is 0 Å². The summed E-state index contributed by atoms with van der Waals surface area (Å²) in [6, 6.07) is 21.2. The number of piperazine rings is 1. The summed E-state index contributed by atoms with van der Waals surface area (Å²) in [7, 11) is 0. The molecule has 2 nitrogen and oxygen atoms in total. The molecule has 0 aromatic heterocycles. The van der Waals surface area contributed by atoms with Gasteiger partial charge in [0.2, 0.25) is 0 Å². The molecule has 0 spiro atoms. The Morgan fingerprint density at radius 3 is 2.39 bits per heavy atom. The molecule has 0 aliphatic carbocycles. The quantitative estimate of drug-likeness (QED) is 0.845. The third-order valence-electron chi connectivity index (χ3n) is 5.67. The standard InChI is InChI=1S/C21H26N2/c1-17-21-8-5-13-22(21)14-15-23(17)16-18-9-11-20(12-10-18)19-6-3-2-4-7-19/h2-4,6-7,9-12,17,21H,5,8,13-16H2,1H3/t17-,21+/m0/s1. The zero-order valence-electron chi connectivity index (χ0n) is 14.0. The van der Waals surface area contributed by atoms with E-state index in [1.54, 1.807) is 0 Å². The Morgan fingerprint density at radius 2 is 1.61 bits per heavy atom. The molecule has 2 aromatic rings.